The summed E-state index contributed by atoms with van der Waals surface area (Å²) in [7, 11) is 2.25. The Morgan fingerprint density at radius 2 is 1.83 bits per heavy atom. The second-order valence-corrected chi connectivity index (χ2v) is 3.26. The van der Waals surface area contributed by atoms with Crippen molar-refractivity contribution in [3.05, 3.63) is 28.8 Å². The molecular weight excluding hydrogens is 207 g/mol. The van der Waals surface area contributed by atoms with E-state index in [2.05, 4.69) is 9.24 Å². The standard InChI is InChI=1S/C7H5ClF3P/c8-5-3-4(7(9,10)11)1-2-6(5)12/h1-3H,12H2. The normalized spacial score (nSPS) is 11.8. The Labute approximate surface area is 74.9 Å². The number of alkyl halides is 3. The molecule has 0 nitrogen and oxygen atoms in total. The van der Waals surface area contributed by atoms with Crippen molar-refractivity contribution < 1.29 is 13.2 Å². The summed E-state index contributed by atoms with van der Waals surface area (Å²) in [5, 5.41) is 0.666. The minimum Gasteiger partial charge on any atom is -0.166 e. The SMILES string of the molecule is FC(F)(F)c1ccc(P)c(Cl)c1. The molecule has 1 aromatic rings. The van der Waals surface area contributed by atoms with Gasteiger partial charge in [0.2, 0.25) is 0 Å². The Hall–Kier alpha value is -0.270. The van der Waals surface area contributed by atoms with Gasteiger partial charge in [0, 0.05) is 5.02 Å². The van der Waals surface area contributed by atoms with Crippen molar-refractivity contribution in [3.8, 4) is 0 Å². The molecule has 0 aliphatic rings. The molecule has 0 aliphatic carbocycles. The molecule has 66 valence electrons. The van der Waals surface area contributed by atoms with Gasteiger partial charge in [-0.2, -0.15) is 13.2 Å². The Bertz CT molecular complexity index is 295. The van der Waals surface area contributed by atoms with Gasteiger partial charge < -0.3 is 0 Å². The monoisotopic (exact) mass is 212 g/mol. The van der Waals surface area contributed by atoms with Crippen LogP contribution in [0.25, 0.3) is 0 Å². The second-order valence-electron chi connectivity index (χ2n) is 2.23. The van der Waals surface area contributed by atoms with Crippen LogP contribution in [0.4, 0.5) is 13.2 Å². The van der Waals surface area contributed by atoms with Gasteiger partial charge in [-0.05, 0) is 17.4 Å². The van der Waals surface area contributed by atoms with E-state index in [0.29, 0.717) is 5.30 Å². The van der Waals surface area contributed by atoms with Crippen molar-refractivity contribution in [1.82, 2.24) is 0 Å². The molecule has 1 aromatic carbocycles. The Balaban J connectivity index is 3.14. The van der Waals surface area contributed by atoms with Gasteiger partial charge >= 0.3 is 6.18 Å². The second kappa shape index (κ2) is 3.23. The summed E-state index contributed by atoms with van der Waals surface area (Å²) in [4.78, 5) is 0. The molecule has 1 unspecified atom stereocenters. The van der Waals surface area contributed by atoms with Gasteiger partial charge in [0.05, 0.1) is 5.56 Å². The van der Waals surface area contributed by atoms with Crippen LogP contribution in [0.2, 0.25) is 5.02 Å². The highest BCUT2D eigenvalue weighted by molar-refractivity contribution is 7.28. The van der Waals surface area contributed by atoms with Crippen LogP contribution in [0.1, 0.15) is 5.56 Å². The van der Waals surface area contributed by atoms with E-state index in [9.17, 15) is 13.2 Å². The van der Waals surface area contributed by atoms with Crippen LogP contribution in [0.3, 0.4) is 0 Å². The minimum atomic E-state index is -4.32. The van der Waals surface area contributed by atoms with Gasteiger partial charge in [0.25, 0.3) is 0 Å². The molecule has 0 amide bonds. The fourth-order valence-corrected chi connectivity index (χ4v) is 1.06. The highest BCUT2D eigenvalue weighted by atomic mass is 35.5. The van der Waals surface area contributed by atoms with Crippen molar-refractivity contribution in [2.75, 3.05) is 0 Å². The first-order valence-corrected chi connectivity index (χ1v) is 3.99. The molecule has 0 bridgehead atoms. The van der Waals surface area contributed by atoms with Gasteiger partial charge in [0.1, 0.15) is 0 Å². The van der Waals surface area contributed by atoms with E-state index < -0.39 is 11.7 Å². The maximum Gasteiger partial charge on any atom is 0.416 e. The molecule has 1 rings (SSSR count). The van der Waals surface area contributed by atoms with Crippen molar-refractivity contribution in [2.45, 2.75) is 6.18 Å². The third-order valence-corrected chi connectivity index (χ3v) is 2.34. The van der Waals surface area contributed by atoms with Gasteiger partial charge in [0.15, 0.2) is 0 Å². The van der Waals surface area contributed by atoms with Crippen LogP contribution in [0.5, 0.6) is 0 Å². The molecular formula is C7H5ClF3P. The fourth-order valence-electron chi connectivity index (χ4n) is 0.703. The number of rotatable bonds is 0. The van der Waals surface area contributed by atoms with Crippen LogP contribution >= 0.6 is 20.8 Å². The van der Waals surface area contributed by atoms with Gasteiger partial charge in [-0.1, -0.05) is 17.7 Å². The number of benzene rings is 1. The average Bonchev–Trinajstić information content (AvgIpc) is 1.92. The van der Waals surface area contributed by atoms with Crippen LogP contribution in [0.15, 0.2) is 18.2 Å². The van der Waals surface area contributed by atoms with E-state index in [-0.39, 0.29) is 5.02 Å². The first-order chi connectivity index (χ1) is 5.41. The van der Waals surface area contributed by atoms with Crippen LogP contribution in [-0.2, 0) is 6.18 Å². The lowest BCUT2D eigenvalue weighted by Crippen LogP contribution is -2.06. The summed E-state index contributed by atoms with van der Waals surface area (Å²) in [6.45, 7) is 0. The number of halogens is 4. The minimum absolute atomic E-state index is 0.106. The molecule has 0 aliphatic heterocycles. The first-order valence-electron chi connectivity index (χ1n) is 3.03. The third-order valence-electron chi connectivity index (χ3n) is 1.33. The van der Waals surface area contributed by atoms with Crippen molar-refractivity contribution >= 4 is 26.1 Å². The lowest BCUT2D eigenvalue weighted by Gasteiger charge is -2.07. The lowest BCUT2D eigenvalue weighted by molar-refractivity contribution is -0.137. The van der Waals surface area contributed by atoms with Crippen molar-refractivity contribution in [1.29, 1.82) is 0 Å². The Morgan fingerprint density at radius 3 is 2.25 bits per heavy atom. The first kappa shape index (κ1) is 9.82. The zero-order chi connectivity index (χ0) is 9.35. The average molecular weight is 213 g/mol. The molecule has 0 radical (unpaired) electrons. The molecule has 0 saturated heterocycles. The zero-order valence-corrected chi connectivity index (χ0v) is 7.73. The molecule has 0 spiro atoms. The van der Waals surface area contributed by atoms with E-state index in [0.717, 1.165) is 12.1 Å². The Kier molecular flexibility index (Phi) is 2.64. The van der Waals surface area contributed by atoms with E-state index >= 15 is 0 Å². The summed E-state index contributed by atoms with van der Waals surface area (Å²) >= 11 is 5.50. The van der Waals surface area contributed by atoms with Crippen molar-refractivity contribution in [2.24, 2.45) is 0 Å². The van der Waals surface area contributed by atoms with E-state index in [1.165, 1.54) is 6.07 Å². The lowest BCUT2D eigenvalue weighted by atomic mass is 10.2. The van der Waals surface area contributed by atoms with Crippen LogP contribution in [0, 0.1) is 0 Å². The summed E-state index contributed by atoms with van der Waals surface area (Å²) in [5.41, 5.74) is -0.723. The van der Waals surface area contributed by atoms with E-state index in [4.69, 9.17) is 11.6 Å². The molecule has 0 aromatic heterocycles. The Morgan fingerprint density at radius 1 is 1.25 bits per heavy atom. The largest absolute Gasteiger partial charge is 0.416 e. The molecule has 1 atom stereocenters. The predicted molar refractivity (Wildman–Crippen MR) is 45.8 cm³/mol. The molecule has 12 heavy (non-hydrogen) atoms. The fraction of sp³-hybridized carbons (Fsp3) is 0.143. The molecule has 5 heteroatoms. The topological polar surface area (TPSA) is 0 Å². The summed E-state index contributed by atoms with van der Waals surface area (Å²) < 4.78 is 36.1. The van der Waals surface area contributed by atoms with E-state index in [1.807, 2.05) is 0 Å². The highest BCUT2D eigenvalue weighted by Gasteiger charge is 2.30. The predicted octanol–water partition coefficient (Wildman–Crippen LogP) is 2.86. The van der Waals surface area contributed by atoms with Gasteiger partial charge in [-0.15, -0.1) is 9.24 Å². The third kappa shape index (κ3) is 2.11. The number of hydrogen-bond donors (Lipinski definition) is 0. The summed E-state index contributed by atoms with van der Waals surface area (Å²) in [6.07, 6.45) is -4.32. The molecule has 0 N–H and O–H groups in total. The molecule has 0 saturated carbocycles. The maximum absolute atomic E-state index is 12.0. The highest BCUT2D eigenvalue weighted by Crippen LogP contribution is 2.30. The smallest absolute Gasteiger partial charge is 0.166 e. The van der Waals surface area contributed by atoms with E-state index in [1.54, 1.807) is 0 Å². The summed E-state index contributed by atoms with van der Waals surface area (Å²) in [5.74, 6) is 0. The quantitative estimate of drug-likeness (QED) is 0.580. The maximum atomic E-state index is 12.0. The number of hydrogen-bond acceptors (Lipinski definition) is 0. The van der Waals surface area contributed by atoms with Crippen molar-refractivity contribution in [3.63, 3.8) is 0 Å². The molecule has 0 heterocycles. The van der Waals surface area contributed by atoms with Crippen LogP contribution in [-0.4, -0.2) is 0 Å². The molecule has 0 fully saturated rings. The van der Waals surface area contributed by atoms with Gasteiger partial charge in [-0.3, -0.25) is 0 Å². The zero-order valence-electron chi connectivity index (χ0n) is 5.82. The van der Waals surface area contributed by atoms with Gasteiger partial charge in [-0.25, -0.2) is 0 Å². The summed E-state index contributed by atoms with van der Waals surface area (Å²) in [6, 6.07) is 3.22. The van der Waals surface area contributed by atoms with Crippen LogP contribution < -0.4 is 5.30 Å².